The number of hydrogen-bond donors (Lipinski definition) is 2. The molecule has 102 valence electrons. The summed E-state index contributed by atoms with van der Waals surface area (Å²) >= 11 is 0. The molecule has 0 fully saturated rings. The van der Waals surface area contributed by atoms with E-state index in [4.69, 9.17) is 5.84 Å². The predicted octanol–water partition coefficient (Wildman–Crippen LogP) is 1.13. The Kier molecular flexibility index (Phi) is 4.65. The Balaban J connectivity index is 1.91. The highest BCUT2D eigenvalue weighted by Crippen LogP contribution is 2.12. The van der Waals surface area contributed by atoms with E-state index >= 15 is 0 Å². The van der Waals surface area contributed by atoms with Crippen molar-refractivity contribution in [3.05, 3.63) is 47.3 Å². The molecule has 0 saturated carbocycles. The van der Waals surface area contributed by atoms with Crippen molar-refractivity contribution >= 4 is 0 Å². The number of aromatic nitrogens is 3. The number of nitrogens with one attached hydrogen (secondary N) is 1. The number of hydrazine groups is 1. The van der Waals surface area contributed by atoms with Crippen LogP contribution in [-0.4, -0.2) is 21.0 Å². The molecule has 0 aliphatic carbocycles. The van der Waals surface area contributed by atoms with Crippen LogP contribution in [0.4, 0.5) is 0 Å². The molecule has 0 spiro atoms. The molecule has 3 N–H and O–H groups in total. The molecule has 2 rings (SSSR count). The van der Waals surface area contributed by atoms with Gasteiger partial charge in [-0.3, -0.25) is 16.0 Å². The van der Waals surface area contributed by atoms with Crippen LogP contribution in [0.3, 0.4) is 0 Å². The van der Waals surface area contributed by atoms with Gasteiger partial charge in [0, 0.05) is 25.7 Å². The lowest BCUT2D eigenvalue weighted by molar-refractivity contribution is 0.486. The van der Waals surface area contributed by atoms with Crippen LogP contribution in [0.25, 0.3) is 0 Å². The Morgan fingerprint density at radius 2 is 2.16 bits per heavy atom. The zero-order valence-electron chi connectivity index (χ0n) is 11.5. The maximum atomic E-state index is 5.62. The van der Waals surface area contributed by atoms with Gasteiger partial charge in [0.1, 0.15) is 0 Å². The quantitative estimate of drug-likeness (QED) is 0.603. The Morgan fingerprint density at radius 3 is 2.79 bits per heavy atom. The Hall–Kier alpha value is -1.72. The van der Waals surface area contributed by atoms with Gasteiger partial charge < -0.3 is 0 Å². The molecular formula is C14H21N5. The summed E-state index contributed by atoms with van der Waals surface area (Å²) in [4.78, 5) is 0. The fourth-order valence-electron chi connectivity index (χ4n) is 2.21. The van der Waals surface area contributed by atoms with Crippen molar-refractivity contribution in [1.82, 2.24) is 20.4 Å². The summed E-state index contributed by atoms with van der Waals surface area (Å²) in [7, 11) is 1.87. The summed E-state index contributed by atoms with van der Waals surface area (Å²) in [6, 6.07) is 8.68. The topological polar surface area (TPSA) is 68.8 Å². The maximum Gasteiger partial charge on any atom is 0.0843 e. The van der Waals surface area contributed by atoms with Gasteiger partial charge >= 0.3 is 0 Å². The number of rotatable bonds is 6. The maximum absolute atomic E-state index is 5.62. The van der Waals surface area contributed by atoms with Crippen LogP contribution >= 0.6 is 0 Å². The third-order valence-corrected chi connectivity index (χ3v) is 3.36. The molecule has 0 radical (unpaired) electrons. The minimum Gasteiger partial charge on any atom is -0.271 e. The normalized spacial score (nSPS) is 12.6. The molecule has 1 heterocycles. The monoisotopic (exact) mass is 259 g/mol. The predicted molar refractivity (Wildman–Crippen MR) is 75.3 cm³/mol. The van der Waals surface area contributed by atoms with E-state index in [9.17, 15) is 0 Å². The first-order chi connectivity index (χ1) is 9.19. The first-order valence-corrected chi connectivity index (χ1v) is 6.55. The number of aryl methyl sites for hydroxylation is 3. The van der Waals surface area contributed by atoms with Gasteiger partial charge in [-0.05, 0) is 30.9 Å². The molecule has 1 aromatic heterocycles. The van der Waals surface area contributed by atoms with Crippen LogP contribution in [0.5, 0.6) is 0 Å². The fourth-order valence-corrected chi connectivity index (χ4v) is 2.21. The van der Waals surface area contributed by atoms with E-state index in [1.807, 2.05) is 13.2 Å². The van der Waals surface area contributed by atoms with Gasteiger partial charge in [0.25, 0.3) is 0 Å². The molecule has 0 saturated heterocycles. The summed E-state index contributed by atoms with van der Waals surface area (Å²) in [5, 5.41) is 8.03. The van der Waals surface area contributed by atoms with Gasteiger partial charge in [0.15, 0.2) is 0 Å². The van der Waals surface area contributed by atoms with Crippen LogP contribution in [0.2, 0.25) is 0 Å². The van der Waals surface area contributed by atoms with Crippen molar-refractivity contribution in [3.8, 4) is 0 Å². The third kappa shape index (κ3) is 3.87. The van der Waals surface area contributed by atoms with Gasteiger partial charge in [-0.15, -0.1) is 5.10 Å². The SMILES string of the molecule is Cc1ccccc1CCC(Cc1cn(C)nn1)NN. The summed E-state index contributed by atoms with van der Waals surface area (Å²) < 4.78 is 1.71. The van der Waals surface area contributed by atoms with E-state index in [2.05, 4.69) is 46.9 Å². The number of hydrogen-bond acceptors (Lipinski definition) is 4. The summed E-state index contributed by atoms with van der Waals surface area (Å²) in [6.45, 7) is 2.14. The molecule has 0 aliphatic heterocycles. The third-order valence-electron chi connectivity index (χ3n) is 3.36. The smallest absolute Gasteiger partial charge is 0.0843 e. The van der Waals surface area contributed by atoms with Crippen LogP contribution in [0.1, 0.15) is 23.2 Å². The fraction of sp³-hybridized carbons (Fsp3) is 0.429. The first kappa shape index (κ1) is 13.7. The molecular weight excluding hydrogens is 238 g/mol. The summed E-state index contributed by atoms with van der Waals surface area (Å²) in [5.41, 5.74) is 6.55. The van der Waals surface area contributed by atoms with Gasteiger partial charge in [-0.2, -0.15) is 0 Å². The van der Waals surface area contributed by atoms with E-state index in [-0.39, 0.29) is 6.04 Å². The minimum absolute atomic E-state index is 0.219. The van der Waals surface area contributed by atoms with Gasteiger partial charge in [0.2, 0.25) is 0 Å². The molecule has 0 aliphatic rings. The first-order valence-electron chi connectivity index (χ1n) is 6.55. The molecule has 0 amide bonds. The van der Waals surface area contributed by atoms with Crippen molar-refractivity contribution in [1.29, 1.82) is 0 Å². The average molecular weight is 259 g/mol. The minimum atomic E-state index is 0.219. The van der Waals surface area contributed by atoms with Gasteiger partial charge in [-0.1, -0.05) is 29.5 Å². The highest BCUT2D eigenvalue weighted by molar-refractivity contribution is 5.25. The lowest BCUT2D eigenvalue weighted by atomic mass is 9.99. The van der Waals surface area contributed by atoms with E-state index in [0.717, 1.165) is 25.0 Å². The highest BCUT2D eigenvalue weighted by atomic mass is 15.4. The Labute approximate surface area is 113 Å². The second-order valence-corrected chi connectivity index (χ2v) is 4.92. The number of benzene rings is 1. The van der Waals surface area contributed by atoms with Crippen LogP contribution < -0.4 is 11.3 Å². The summed E-state index contributed by atoms with van der Waals surface area (Å²) in [6.07, 6.45) is 4.73. The van der Waals surface area contributed by atoms with E-state index < -0.39 is 0 Å². The molecule has 0 bridgehead atoms. The van der Waals surface area contributed by atoms with Crippen molar-refractivity contribution < 1.29 is 0 Å². The van der Waals surface area contributed by atoms with E-state index in [0.29, 0.717) is 0 Å². The molecule has 1 aromatic carbocycles. The standard InChI is InChI=1S/C14H21N5/c1-11-5-3-4-6-12(11)7-8-13(16-15)9-14-10-19(2)18-17-14/h3-6,10,13,16H,7-9,15H2,1-2H3. The molecule has 1 atom stereocenters. The summed E-state index contributed by atoms with van der Waals surface area (Å²) in [5.74, 6) is 5.62. The molecule has 19 heavy (non-hydrogen) atoms. The molecule has 5 heteroatoms. The van der Waals surface area contributed by atoms with Crippen LogP contribution in [0.15, 0.2) is 30.5 Å². The lowest BCUT2D eigenvalue weighted by Crippen LogP contribution is -2.37. The molecule has 1 unspecified atom stereocenters. The zero-order valence-corrected chi connectivity index (χ0v) is 11.5. The van der Waals surface area contributed by atoms with Crippen LogP contribution in [0, 0.1) is 6.92 Å². The van der Waals surface area contributed by atoms with Gasteiger partial charge in [0.05, 0.1) is 5.69 Å². The zero-order chi connectivity index (χ0) is 13.7. The van der Waals surface area contributed by atoms with Crippen molar-refractivity contribution in [2.75, 3.05) is 0 Å². The van der Waals surface area contributed by atoms with Crippen LogP contribution in [-0.2, 0) is 19.9 Å². The average Bonchev–Trinajstić information content (AvgIpc) is 2.81. The Morgan fingerprint density at radius 1 is 1.37 bits per heavy atom. The highest BCUT2D eigenvalue weighted by Gasteiger charge is 2.11. The van der Waals surface area contributed by atoms with Gasteiger partial charge in [-0.25, -0.2) is 0 Å². The van der Waals surface area contributed by atoms with Crippen molar-refractivity contribution in [2.45, 2.75) is 32.2 Å². The largest absolute Gasteiger partial charge is 0.271 e. The van der Waals surface area contributed by atoms with Crippen molar-refractivity contribution in [2.24, 2.45) is 12.9 Å². The second-order valence-electron chi connectivity index (χ2n) is 4.92. The molecule has 2 aromatic rings. The van der Waals surface area contributed by atoms with Crippen molar-refractivity contribution in [3.63, 3.8) is 0 Å². The van der Waals surface area contributed by atoms with E-state index in [1.165, 1.54) is 11.1 Å². The molecule has 5 nitrogen and oxygen atoms in total. The number of nitrogens with zero attached hydrogens (tertiary/aromatic N) is 3. The number of nitrogens with two attached hydrogens (primary N) is 1. The van der Waals surface area contributed by atoms with E-state index in [1.54, 1.807) is 4.68 Å². The Bertz CT molecular complexity index is 520. The second kappa shape index (κ2) is 6.45. The lowest BCUT2D eigenvalue weighted by Gasteiger charge is -2.15.